The van der Waals surface area contributed by atoms with Crippen molar-refractivity contribution in [3.8, 4) is 0 Å². The molecule has 0 bridgehead atoms. The topological polar surface area (TPSA) is 41.1 Å². The number of hydrogen-bond acceptors (Lipinski definition) is 2. The Bertz CT molecular complexity index is 157. The lowest BCUT2D eigenvalue weighted by molar-refractivity contribution is -0.119. The summed E-state index contributed by atoms with van der Waals surface area (Å²) in [6, 6.07) is 0.264. The highest BCUT2D eigenvalue weighted by Gasteiger charge is 2.01. The van der Waals surface area contributed by atoms with E-state index in [1.807, 2.05) is 13.8 Å². The lowest BCUT2D eigenvalue weighted by atomic mass is 10.4. The number of amides is 1. The largest absolute Gasteiger partial charge is 0.360 e. The predicted molar refractivity (Wildman–Crippen MR) is 49.3 cm³/mol. The van der Waals surface area contributed by atoms with Crippen molar-refractivity contribution in [3.63, 3.8) is 0 Å². The minimum absolute atomic E-state index is 0.0526. The summed E-state index contributed by atoms with van der Waals surface area (Å²) in [4.78, 5) is 10.8. The molecule has 64 valence electrons. The lowest BCUT2D eigenvalue weighted by Crippen LogP contribution is -2.41. The average Bonchev–Trinajstić information content (AvgIpc) is 1.85. The Morgan fingerprint density at radius 1 is 1.55 bits per heavy atom. The summed E-state index contributed by atoms with van der Waals surface area (Å²) in [7, 11) is 0. The summed E-state index contributed by atoms with van der Waals surface area (Å²) in [5.41, 5.74) is 0. The van der Waals surface area contributed by atoms with Gasteiger partial charge in [0.2, 0.25) is 5.91 Å². The van der Waals surface area contributed by atoms with Crippen LogP contribution >= 0.6 is 12.2 Å². The first-order valence-corrected chi connectivity index (χ1v) is 4.07. The van der Waals surface area contributed by atoms with Crippen LogP contribution < -0.4 is 10.6 Å². The van der Waals surface area contributed by atoms with Gasteiger partial charge in [-0.15, -0.1) is 0 Å². The molecule has 0 rings (SSSR count). The maximum Gasteiger partial charge on any atom is 0.225 e. The van der Waals surface area contributed by atoms with Gasteiger partial charge in [-0.2, -0.15) is 0 Å². The van der Waals surface area contributed by atoms with Crippen LogP contribution in [0.25, 0.3) is 0 Å². The highest BCUT2D eigenvalue weighted by atomic mass is 32.1. The van der Waals surface area contributed by atoms with Crippen LogP contribution in [0.15, 0.2) is 0 Å². The number of hydrogen-bond donors (Lipinski definition) is 2. The molecule has 0 aromatic rings. The van der Waals surface area contributed by atoms with Crippen LogP contribution in [0, 0.1) is 0 Å². The average molecular weight is 174 g/mol. The molecule has 2 N–H and O–H groups in total. The molecule has 0 fully saturated rings. The lowest BCUT2D eigenvalue weighted by Gasteiger charge is -2.10. The van der Waals surface area contributed by atoms with Crippen LogP contribution in [0.2, 0.25) is 0 Å². The molecular weight excluding hydrogens is 160 g/mol. The quantitative estimate of drug-likeness (QED) is 0.608. The molecule has 0 heterocycles. The maximum absolute atomic E-state index is 10.8. The van der Waals surface area contributed by atoms with Gasteiger partial charge in [0.05, 0.1) is 0 Å². The van der Waals surface area contributed by atoms with Gasteiger partial charge in [0, 0.05) is 12.5 Å². The van der Waals surface area contributed by atoms with Crippen molar-refractivity contribution in [2.45, 2.75) is 33.2 Å². The third-order valence-corrected chi connectivity index (χ3v) is 1.21. The molecule has 11 heavy (non-hydrogen) atoms. The van der Waals surface area contributed by atoms with Crippen LogP contribution in [0.3, 0.4) is 0 Å². The molecule has 3 nitrogen and oxygen atoms in total. The number of carbonyl (C=O) groups is 1. The number of carbonyl (C=O) groups excluding carboxylic acids is 1. The van der Waals surface area contributed by atoms with E-state index < -0.39 is 0 Å². The minimum Gasteiger partial charge on any atom is -0.360 e. The standard InChI is InChI=1S/C7H14N2OS/c1-4-6(10)9-7(11)8-5(2)3/h5H,4H2,1-3H3,(H2,8,9,10,11). The first kappa shape index (κ1) is 10.4. The van der Waals surface area contributed by atoms with Gasteiger partial charge < -0.3 is 10.6 Å². The predicted octanol–water partition coefficient (Wildman–Crippen LogP) is 0.795. The molecule has 0 saturated heterocycles. The van der Waals surface area contributed by atoms with Crippen molar-refractivity contribution < 1.29 is 4.79 Å². The van der Waals surface area contributed by atoms with Crippen LogP contribution in [-0.2, 0) is 4.79 Å². The van der Waals surface area contributed by atoms with Gasteiger partial charge in [-0.3, -0.25) is 4.79 Å². The van der Waals surface area contributed by atoms with Crippen LogP contribution in [0.5, 0.6) is 0 Å². The SMILES string of the molecule is CCC(=O)NC(=S)NC(C)C. The second-order valence-electron chi connectivity index (χ2n) is 2.53. The van der Waals surface area contributed by atoms with Crippen molar-refractivity contribution in [1.82, 2.24) is 10.6 Å². The number of thiocarbonyl (C=S) groups is 1. The smallest absolute Gasteiger partial charge is 0.225 e. The Morgan fingerprint density at radius 2 is 2.09 bits per heavy atom. The molecule has 0 aromatic carbocycles. The van der Waals surface area contributed by atoms with Gasteiger partial charge >= 0.3 is 0 Å². The number of rotatable bonds is 2. The van der Waals surface area contributed by atoms with E-state index in [9.17, 15) is 4.79 Å². The molecule has 4 heteroatoms. The fourth-order valence-electron chi connectivity index (χ4n) is 0.513. The Labute approximate surface area is 72.5 Å². The van der Waals surface area contributed by atoms with Crippen molar-refractivity contribution in [2.24, 2.45) is 0 Å². The van der Waals surface area contributed by atoms with Crippen molar-refractivity contribution in [3.05, 3.63) is 0 Å². The second kappa shape index (κ2) is 5.07. The van der Waals surface area contributed by atoms with E-state index in [-0.39, 0.29) is 11.9 Å². The molecule has 0 aliphatic carbocycles. The summed E-state index contributed by atoms with van der Waals surface area (Å²) in [6.45, 7) is 5.71. The third-order valence-electron chi connectivity index (χ3n) is 0.994. The van der Waals surface area contributed by atoms with Gasteiger partial charge in [-0.25, -0.2) is 0 Å². The van der Waals surface area contributed by atoms with Gasteiger partial charge in [0.1, 0.15) is 0 Å². The Hall–Kier alpha value is -0.640. The summed E-state index contributed by atoms with van der Waals surface area (Å²) in [6.07, 6.45) is 0.458. The van der Waals surface area contributed by atoms with E-state index in [4.69, 9.17) is 12.2 Å². The molecule has 0 atom stereocenters. The summed E-state index contributed by atoms with van der Waals surface area (Å²) in [5.74, 6) is -0.0526. The van der Waals surface area contributed by atoms with Gasteiger partial charge in [0.15, 0.2) is 5.11 Å². The van der Waals surface area contributed by atoms with E-state index in [0.29, 0.717) is 11.5 Å². The van der Waals surface area contributed by atoms with Gasteiger partial charge in [-0.1, -0.05) is 6.92 Å². The number of nitrogens with one attached hydrogen (secondary N) is 2. The zero-order valence-electron chi connectivity index (χ0n) is 7.10. The highest BCUT2D eigenvalue weighted by Crippen LogP contribution is 1.79. The normalized spacial score (nSPS) is 9.45. The van der Waals surface area contributed by atoms with E-state index >= 15 is 0 Å². The van der Waals surface area contributed by atoms with E-state index in [2.05, 4.69) is 10.6 Å². The molecule has 0 spiro atoms. The Balaban J connectivity index is 3.61. The zero-order valence-corrected chi connectivity index (χ0v) is 7.92. The van der Waals surface area contributed by atoms with Crippen LogP contribution in [-0.4, -0.2) is 17.1 Å². The molecule has 0 saturated carbocycles. The van der Waals surface area contributed by atoms with Crippen molar-refractivity contribution in [1.29, 1.82) is 0 Å². The minimum atomic E-state index is -0.0526. The fraction of sp³-hybridized carbons (Fsp3) is 0.714. The van der Waals surface area contributed by atoms with Crippen molar-refractivity contribution in [2.75, 3.05) is 0 Å². The summed E-state index contributed by atoms with van der Waals surface area (Å²) < 4.78 is 0. The second-order valence-corrected chi connectivity index (χ2v) is 2.94. The summed E-state index contributed by atoms with van der Waals surface area (Å²) >= 11 is 4.83. The maximum atomic E-state index is 10.8. The van der Waals surface area contributed by atoms with Crippen molar-refractivity contribution >= 4 is 23.2 Å². The molecular formula is C7H14N2OS. The third kappa shape index (κ3) is 5.79. The summed E-state index contributed by atoms with van der Waals surface area (Å²) in [5, 5.41) is 5.86. The first-order chi connectivity index (χ1) is 5.06. The van der Waals surface area contributed by atoms with E-state index in [0.717, 1.165) is 0 Å². The van der Waals surface area contributed by atoms with Crippen LogP contribution in [0.1, 0.15) is 27.2 Å². The zero-order chi connectivity index (χ0) is 8.85. The van der Waals surface area contributed by atoms with E-state index in [1.165, 1.54) is 0 Å². The fourth-order valence-corrected chi connectivity index (χ4v) is 0.863. The Kier molecular flexibility index (Phi) is 4.77. The monoisotopic (exact) mass is 174 g/mol. The molecule has 0 aliphatic rings. The Morgan fingerprint density at radius 3 is 2.45 bits per heavy atom. The van der Waals surface area contributed by atoms with Gasteiger partial charge in [0.25, 0.3) is 0 Å². The van der Waals surface area contributed by atoms with E-state index in [1.54, 1.807) is 6.92 Å². The molecule has 1 amide bonds. The van der Waals surface area contributed by atoms with Crippen LogP contribution in [0.4, 0.5) is 0 Å². The highest BCUT2D eigenvalue weighted by molar-refractivity contribution is 7.80. The molecule has 0 aliphatic heterocycles. The molecule has 0 aromatic heterocycles. The molecule has 0 radical (unpaired) electrons. The first-order valence-electron chi connectivity index (χ1n) is 3.66. The van der Waals surface area contributed by atoms with Gasteiger partial charge in [-0.05, 0) is 26.1 Å². The molecule has 0 unspecified atom stereocenters.